The summed E-state index contributed by atoms with van der Waals surface area (Å²) in [6, 6.07) is 0. The highest BCUT2D eigenvalue weighted by Crippen LogP contribution is 2.20. The number of aromatic carboxylic acids is 1. The third-order valence-corrected chi connectivity index (χ3v) is 2.52. The average Bonchev–Trinajstić information content (AvgIpc) is 2.83. The van der Waals surface area contributed by atoms with Crippen LogP contribution in [-0.4, -0.2) is 27.0 Å². The highest BCUT2D eigenvalue weighted by Gasteiger charge is 2.22. The van der Waals surface area contributed by atoms with Gasteiger partial charge in [0.25, 0.3) is 0 Å². The van der Waals surface area contributed by atoms with Crippen molar-refractivity contribution in [2.75, 3.05) is 5.32 Å². The Bertz CT molecular complexity index is 477. The summed E-state index contributed by atoms with van der Waals surface area (Å²) in [6.07, 6.45) is 7.83. The molecule has 1 aromatic rings. The normalized spacial score (nSPS) is 14.8. The summed E-state index contributed by atoms with van der Waals surface area (Å²) in [5.41, 5.74) is -0.244. The maximum absolute atomic E-state index is 11.8. The zero-order chi connectivity index (χ0) is 12.3. The van der Waals surface area contributed by atoms with Crippen molar-refractivity contribution in [1.29, 1.82) is 0 Å². The minimum atomic E-state index is -1.21. The molecule has 2 rings (SSSR count). The second kappa shape index (κ2) is 4.73. The Balaban J connectivity index is 2.12. The van der Waals surface area contributed by atoms with Gasteiger partial charge in [-0.1, -0.05) is 12.2 Å². The first-order valence-corrected chi connectivity index (χ1v) is 5.18. The molecule has 0 aromatic carbocycles. The Labute approximate surface area is 97.4 Å². The van der Waals surface area contributed by atoms with Crippen LogP contribution in [0.3, 0.4) is 0 Å². The highest BCUT2D eigenvalue weighted by atomic mass is 16.4. The summed E-state index contributed by atoms with van der Waals surface area (Å²) >= 11 is 0. The lowest BCUT2D eigenvalue weighted by Gasteiger charge is -2.10. The molecule has 1 heterocycles. The number of amides is 1. The number of rotatable bonds is 3. The summed E-state index contributed by atoms with van der Waals surface area (Å²) in [7, 11) is 0. The Morgan fingerprint density at radius 2 is 1.88 bits per heavy atom. The van der Waals surface area contributed by atoms with Crippen LogP contribution in [0.2, 0.25) is 0 Å². The Kier molecular flexibility index (Phi) is 3.13. The molecule has 0 bridgehead atoms. The van der Waals surface area contributed by atoms with Crippen molar-refractivity contribution in [1.82, 2.24) is 9.97 Å². The molecule has 0 atom stereocenters. The number of nitrogens with one attached hydrogen (secondary N) is 1. The maximum atomic E-state index is 11.8. The molecule has 2 N–H and O–H groups in total. The molecule has 0 spiro atoms. The van der Waals surface area contributed by atoms with Crippen LogP contribution in [0.4, 0.5) is 5.82 Å². The van der Waals surface area contributed by atoms with Crippen molar-refractivity contribution in [3.05, 3.63) is 30.2 Å². The Morgan fingerprint density at radius 1 is 1.24 bits per heavy atom. The van der Waals surface area contributed by atoms with Gasteiger partial charge in [0, 0.05) is 18.3 Å². The number of carboxylic acids is 1. The molecule has 6 heteroatoms. The molecule has 0 saturated carbocycles. The SMILES string of the molecule is O=C(O)c1nccnc1NC(=O)C1CC=CC1. The minimum absolute atomic E-state index is 0.00287. The summed E-state index contributed by atoms with van der Waals surface area (Å²) in [4.78, 5) is 30.1. The predicted octanol–water partition coefficient (Wildman–Crippen LogP) is 1.08. The van der Waals surface area contributed by atoms with Crippen LogP contribution in [0.1, 0.15) is 23.3 Å². The van der Waals surface area contributed by atoms with Crippen molar-refractivity contribution in [3.8, 4) is 0 Å². The average molecular weight is 233 g/mol. The molecule has 0 fully saturated rings. The van der Waals surface area contributed by atoms with Crippen LogP contribution < -0.4 is 5.32 Å². The van der Waals surface area contributed by atoms with E-state index in [1.807, 2.05) is 12.2 Å². The first-order chi connectivity index (χ1) is 8.18. The summed E-state index contributed by atoms with van der Waals surface area (Å²) in [6.45, 7) is 0. The Morgan fingerprint density at radius 3 is 2.53 bits per heavy atom. The fraction of sp³-hybridized carbons (Fsp3) is 0.273. The monoisotopic (exact) mass is 233 g/mol. The second-order valence-electron chi connectivity index (χ2n) is 3.69. The first kappa shape index (κ1) is 11.3. The first-order valence-electron chi connectivity index (χ1n) is 5.18. The molecule has 6 nitrogen and oxygen atoms in total. The van der Waals surface area contributed by atoms with Gasteiger partial charge in [-0.3, -0.25) is 4.79 Å². The number of carbonyl (C=O) groups excluding carboxylic acids is 1. The highest BCUT2D eigenvalue weighted by molar-refractivity contribution is 5.98. The van der Waals surface area contributed by atoms with E-state index in [0.29, 0.717) is 12.8 Å². The molecule has 1 aliphatic rings. The lowest BCUT2D eigenvalue weighted by atomic mass is 10.1. The second-order valence-corrected chi connectivity index (χ2v) is 3.69. The topological polar surface area (TPSA) is 92.2 Å². The molecule has 0 unspecified atom stereocenters. The lowest BCUT2D eigenvalue weighted by Crippen LogP contribution is -2.23. The number of hydrogen-bond acceptors (Lipinski definition) is 4. The third-order valence-electron chi connectivity index (χ3n) is 2.52. The van der Waals surface area contributed by atoms with Gasteiger partial charge in [0.2, 0.25) is 5.91 Å². The lowest BCUT2D eigenvalue weighted by molar-refractivity contribution is -0.119. The van der Waals surface area contributed by atoms with Gasteiger partial charge in [-0.15, -0.1) is 0 Å². The molecule has 0 radical (unpaired) electrons. The van der Waals surface area contributed by atoms with Gasteiger partial charge >= 0.3 is 5.97 Å². The van der Waals surface area contributed by atoms with E-state index in [2.05, 4.69) is 15.3 Å². The van der Waals surface area contributed by atoms with Crippen LogP contribution in [0.15, 0.2) is 24.5 Å². The van der Waals surface area contributed by atoms with Crippen LogP contribution in [0, 0.1) is 5.92 Å². The number of anilines is 1. The largest absolute Gasteiger partial charge is 0.476 e. The fourth-order valence-electron chi connectivity index (χ4n) is 1.64. The standard InChI is InChI=1S/C11H11N3O3/c15-10(7-3-1-2-4-7)14-9-8(11(16)17)12-5-6-13-9/h1-2,5-7H,3-4H2,(H,16,17)(H,13,14,15). The number of aromatic nitrogens is 2. The molecule has 1 aromatic heterocycles. The molecule has 1 aliphatic carbocycles. The van der Waals surface area contributed by atoms with E-state index in [0.717, 1.165) is 0 Å². The molecule has 88 valence electrons. The van der Waals surface area contributed by atoms with Crippen molar-refractivity contribution < 1.29 is 14.7 Å². The van der Waals surface area contributed by atoms with E-state index < -0.39 is 5.97 Å². The van der Waals surface area contributed by atoms with Crippen molar-refractivity contribution in [2.45, 2.75) is 12.8 Å². The van der Waals surface area contributed by atoms with Crippen LogP contribution >= 0.6 is 0 Å². The smallest absolute Gasteiger partial charge is 0.358 e. The summed E-state index contributed by atoms with van der Waals surface area (Å²) in [5, 5.41) is 11.4. The number of carboxylic acid groups (broad SMARTS) is 1. The van der Waals surface area contributed by atoms with Crippen molar-refractivity contribution >= 4 is 17.7 Å². The van der Waals surface area contributed by atoms with Crippen LogP contribution in [-0.2, 0) is 4.79 Å². The van der Waals surface area contributed by atoms with E-state index in [1.165, 1.54) is 12.4 Å². The zero-order valence-electron chi connectivity index (χ0n) is 8.96. The molecular formula is C11H11N3O3. The van der Waals surface area contributed by atoms with Crippen molar-refractivity contribution in [3.63, 3.8) is 0 Å². The minimum Gasteiger partial charge on any atom is -0.476 e. The molecule has 17 heavy (non-hydrogen) atoms. The fourth-order valence-corrected chi connectivity index (χ4v) is 1.64. The predicted molar refractivity (Wildman–Crippen MR) is 59.5 cm³/mol. The van der Waals surface area contributed by atoms with Gasteiger partial charge < -0.3 is 10.4 Å². The molecule has 0 aliphatic heterocycles. The van der Waals surface area contributed by atoms with Gasteiger partial charge in [-0.05, 0) is 12.8 Å². The van der Waals surface area contributed by atoms with Gasteiger partial charge in [0.1, 0.15) is 0 Å². The number of nitrogens with zero attached hydrogens (tertiary/aromatic N) is 2. The molecule has 1 amide bonds. The zero-order valence-corrected chi connectivity index (χ0v) is 8.96. The van der Waals surface area contributed by atoms with Crippen molar-refractivity contribution in [2.24, 2.45) is 5.92 Å². The summed E-state index contributed by atoms with van der Waals surface area (Å²) < 4.78 is 0. The molecular weight excluding hydrogens is 222 g/mol. The van der Waals surface area contributed by atoms with E-state index in [-0.39, 0.29) is 23.3 Å². The maximum Gasteiger partial charge on any atom is 0.358 e. The van der Waals surface area contributed by atoms with Crippen LogP contribution in [0.5, 0.6) is 0 Å². The third kappa shape index (κ3) is 2.47. The summed E-state index contributed by atoms with van der Waals surface area (Å²) in [5.74, 6) is -1.58. The number of allylic oxidation sites excluding steroid dienone is 2. The Hall–Kier alpha value is -2.24. The van der Waals surface area contributed by atoms with E-state index in [9.17, 15) is 9.59 Å². The van der Waals surface area contributed by atoms with Crippen LogP contribution in [0.25, 0.3) is 0 Å². The quantitative estimate of drug-likeness (QED) is 0.762. The van der Waals surface area contributed by atoms with E-state index >= 15 is 0 Å². The molecule has 0 saturated heterocycles. The number of carbonyl (C=O) groups is 2. The van der Waals surface area contributed by atoms with Gasteiger partial charge in [0.05, 0.1) is 0 Å². The van der Waals surface area contributed by atoms with Gasteiger partial charge in [-0.2, -0.15) is 0 Å². The van der Waals surface area contributed by atoms with E-state index in [1.54, 1.807) is 0 Å². The van der Waals surface area contributed by atoms with Gasteiger partial charge in [-0.25, -0.2) is 14.8 Å². The van der Waals surface area contributed by atoms with Gasteiger partial charge in [0.15, 0.2) is 11.5 Å². The number of hydrogen-bond donors (Lipinski definition) is 2. The van der Waals surface area contributed by atoms with E-state index in [4.69, 9.17) is 5.11 Å².